The third-order valence-electron chi connectivity index (χ3n) is 6.88. The van der Waals surface area contributed by atoms with Gasteiger partial charge in [0.25, 0.3) is 0 Å². The number of anilines is 1. The second-order valence-electron chi connectivity index (χ2n) is 8.64. The lowest BCUT2D eigenvalue weighted by Gasteiger charge is -2.29. The summed E-state index contributed by atoms with van der Waals surface area (Å²) in [6.45, 7) is 1.73. The maximum Gasteiger partial charge on any atom is 0.250 e. The fourth-order valence-electron chi connectivity index (χ4n) is 5.39. The predicted molar refractivity (Wildman–Crippen MR) is 121 cm³/mol. The third kappa shape index (κ3) is 3.01. The van der Waals surface area contributed by atoms with Crippen molar-refractivity contribution in [3.05, 3.63) is 63.1 Å². The summed E-state index contributed by atoms with van der Waals surface area (Å²) in [6.07, 6.45) is -0.197. The maximum absolute atomic E-state index is 13.7. The highest BCUT2D eigenvalue weighted by Crippen LogP contribution is 2.54. The Morgan fingerprint density at radius 3 is 2.52 bits per heavy atom. The molecule has 3 aliphatic rings. The van der Waals surface area contributed by atoms with E-state index in [0.29, 0.717) is 32.4 Å². The van der Waals surface area contributed by atoms with Crippen LogP contribution >= 0.6 is 23.2 Å². The van der Waals surface area contributed by atoms with Crippen molar-refractivity contribution in [1.82, 2.24) is 10.2 Å². The first-order chi connectivity index (χ1) is 15.7. The molecule has 0 bridgehead atoms. The maximum atomic E-state index is 13.7. The average Bonchev–Trinajstić information content (AvgIpc) is 3.33. The first-order valence-corrected chi connectivity index (χ1v) is 11.2. The van der Waals surface area contributed by atoms with Crippen LogP contribution in [-0.4, -0.2) is 34.6 Å². The Morgan fingerprint density at radius 1 is 1.09 bits per heavy atom. The van der Waals surface area contributed by atoms with Crippen LogP contribution in [0.25, 0.3) is 0 Å². The average molecular weight is 487 g/mol. The Hall–Kier alpha value is -2.94. The van der Waals surface area contributed by atoms with E-state index in [-0.39, 0.29) is 13.0 Å². The van der Waals surface area contributed by atoms with Crippen molar-refractivity contribution >= 4 is 52.5 Å². The second-order valence-corrected chi connectivity index (χ2v) is 9.45. The first kappa shape index (κ1) is 21.9. The quantitative estimate of drug-likeness (QED) is 0.571. The number of primary amides is 1. The Kier molecular flexibility index (Phi) is 5.00. The van der Waals surface area contributed by atoms with E-state index in [0.717, 1.165) is 4.90 Å². The van der Waals surface area contributed by atoms with E-state index < -0.39 is 47.0 Å². The van der Waals surface area contributed by atoms with Gasteiger partial charge in [0.1, 0.15) is 5.54 Å². The Bertz CT molecular complexity index is 1250. The second kappa shape index (κ2) is 7.55. The van der Waals surface area contributed by atoms with Gasteiger partial charge in [0, 0.05) is 28.1 Å². The monoisotopic (exact) mass is 486 g/mol. The number of halogens is 2. The van der Waals surface area contributed by atoms with Crippen LogP contribution in [0.2, 0.25) is 10.0 Å². The van der Waals surface area contributed by atoms with Gasteiger partial charge in [-0.3, -0.25) is 29.4 Å². The van der Waals surface area contributed by atoms with Gasteiger partial charge in [-0.25, -0.2) is 0 Å². The van der Waals surface area contributed by atoms with Gasteiger partial charge in [0.2, 0.25) is 23.6 Å². The number of rotatable bonds is 4. The van der Waals surface area contributed by atoms with Crippen LogP contribution in [0.15, 0.2) is 36.4 Å². The summed E-state index contributed by atoms with van der Waals surface area (Å²) in [7, 11) is 0. The fourth-order valence-corrected chi connectivity index (χ4v) is 5.75. The number of likely N-dealkylation sites (tertiary alicyclic amines) is 1. The molecule has 2 aromatic carbocycles. The number of nitrogens with zero attached hydrogens (tertiary/aromatic N) is 1. The summed E-state index contributed by atoms with van der Waals surface area (Å²) in [5.74, 6) is -4.05. The van der Waals surface area contributed by atoms with E-state index in [1.54, 1.807) is 43.3 Å². The molecule has 170 valence electrons. The van der Waals surface area contributed by atoms with Crippen molar-refractivity contribution in [3.63, 3.8) is 0 Å². The highest BCUT2D eigenvalue weighted by atomic mass is 35.5. The van der Waals surface area contributed by atoms with Crippen molar-refractivity contribution in [2.24, 2.45) is 17.6 Å². The van der Waals surface area contributed by atoms with Crippen molar-refractivity contribution in [2.45, 2.75) is 31.5 Å². The molecule has 0 saturated carbocycles. The number of carbonyl (C=O) groups is 4. The lowest BCUT2D eigenvalue weighted by Crippen LogP contribution is -2.53. The van der Waals surface area contributed by atoms with E-state index in [2.05, 4.69) is 10.6 Å². The third-order valence-corrected chi connectivity index (χ3v) is 7.66. The molecule has 33 heavy (non-hydrogen) atoms. The van der Waals surface area contributed by atoms with Gasteiger partial charge < -0.3 is 11.1 Å². The summed E-state index contributed by atoms with van der Waals surface area (Å²) < 4.78 is 0. The van der Waals surface area contributed by atoms with Crippen LogP contribution in [-0.2, 0) is 31.3 Å². The highest BCUT2D eigenvalue weighted by molar-refractivity contribution is 6.32. The minimum atomic E-state index is -1.52. The largest absolute Gasteiger partial charge is 0.370 e. The zero-order valence-corrected chi connectivity index (χ0v) is 19.0. The standard InChI is InChI=1S/C23H20Cl2N4O4/c1-10-13(24)7-6-12-19(10)27-22(33)23(12)18-17(15(28-23)8-16(26)30)20(31)29(21(18)32)9-11-4-2-3-5-14(11)25/h2-7,15,17-18,28H,8-9H2,1H3,(H2,26,30)(H,27,33)/t15-,17+,18-,23+/m0/s1. The molecule has 0 aromatic heterocycles. The number of amides is 4. The summed E-state index contributed by atoms with van der Waals surface area (Å²) in [4.78, 5) is 53.6. The minimum absolute atomic E-state index is 0.0299. The van der Waals surface area contributed by atoms with E-state index in [1.165, 1.54) is 0 Å². The van der Waals surface area contributed by atoms with E-state index in [1.807, 2.05) is 0 Å². The Balaban J connectivity index is 1.63. The normalized spacial score (nSPS) is 27.8. The molecule has 2 aromatic rings. The zero-order valence-electron chi connectivity index (χ0n) is 17.5. The topological polar surface area (TPSA) is 122 Å². The molecule has 3 aliphatic heterocycles. The highest BCUT2D eigenvalue weighted by Gasteiger charge is 2.70. The van der Waals surface area contributed by atoms with Crippen LogP contribution in [0, 0.1) is 18.8 Å². The molecule has 3 heterocycles. The molecule has 2 saturated heterocycles. The van der Waals surface area contributed by atoms with E-state index in [4.69, 9.17) is 28.9 Å². The first-order valence-electron chi connectivity index (χ1n) is 10.4. The predicted octanol–water partition coefficient (Wildman–Crippen LogP) is 2.10. The smallest absolute Gasteiger partial charge is 0.250 e. The SMILES string of the molecule is Cc1c(Cl)ccc2c1NC(=O)[C@@]21N[C@@H](CC(N)=O)[C@H]2C(=O)N(Cc3ccccc3Cl)C(=O)[C@H]21. The van der Waals surface area contributed by atoms with Gasteiger partial charge >= 0.3 is 0 Å². The molecule has 1 spiro atoms. The number of fused-ring (bicyclic) bond motifs is 4. The molecule has 4 atom stereocenters. The lowest BCUT2D eigenvalue weighted by molar-refractivity contribution is -0.143. The van der Waals surface area contributed by atoms with Crippen molar-refractivity contribution in [3.8, 4) is 0 Å². The number of hydrogen-bond acceptors (Lipinski definition) is 5. The molecule has 4 amide bonds. The molecule has 0 aliphatic carbocycles. The molecule has 8 nitrogen and oxygen atoms in total. The number of nitrogens with two attached hydrogens (primary N) is 1. The molecular weight excluding hydrogens is 467 g/mol. The molecule has 4 N–H and O–H groups in total. The number of nitrogens with one attached hydrogen (secondary N) is 2. The minimum Gasteiger partial charge on any atom is -0.370 e. The van der Waals surface area contributed by atoms with Gasteiger partial charge in [0.05, 0.1) is 24.1 Å². The molecule has 10 heteroatoms. The van der Waals surface area contributed by atoms with Crippen molar-refractivity contribution < 1.29 is 19.2 Å². The molecule has 0 unspecified atom stereocenters. The van der Waals surface area contributed by atoms with Crippen LogP contribution < -0.4 is 16.4 Å². The van der Waals surface area contributed by atoms with E-state index >= 15 is 0 Å². The van der Waals surface area contributed by atoms with Gasteiger partial charge in [-0.15, -0.1) is 0 Å². The zero-order chi connectivity index (χ0) is 23.7. The van der Waals surface area contributed by atoms with Gasteiger partial charge in [0.15, 0.2) is 0 Å². The Morgan fingerprint density at radius 2 is 1.82 bits per heavy atom. The summed E-state index contributed by atoms with van der Waals surface area (Å²) >= 11 is 12.5. The number of benzene rings is 2. The summed E-state index contributed by atoms with van der Waals surface area (Å²) in [6, 6.07) is 9.46. The van der Waals surface area contributed by atoms with Crippen LogP contribution in [0.3, 0.4) is 0 Å². The van der Waals surface area contributed by atoms with Crippen LogP contribution in [0.1, 0.15) is 23.1 Å². The summed E-state index contributed by atoms with van der Waals surface area (Å²) in [5.41, 5.74) is 6.22. The van der Waals surface area contributed by atoms with Gasteiger partial charge in [-0.2, -0.15) is 0 Å². The van der Waals surface area contributed by atoms with Crippen LogP contribution in [0.4, 0.5) is 5.69 Å². The molecular formula is C23H20Cl2N4O4. The Labute approximate surface area is 199 Å². The summed E-state index contributed by atoms with van der Waals surface area (Å²) in [5, 5.41) is 6.87. The van der Waals surface area contributed by atoms with Gasteiger partial charge in [-0.1, -0.05) is 47.5 Å². The number of imide groups is 1. The van der Waals surface area contributed by atoms with E-state index in [9.17, 15) is 19.2 Å². The van der Waals surface area contributed by atoms with Gasteiger partial charge in [-0.05, 0) is 30.2 Å². The fraction of sp³-hybridized carbons (Fsp3) is 0.304. The van der Waals surface area contributed by atoms with Crippen molar-refractivity contribution in [2.75, 3.05) is 5.32 Å². The number of hydrogen-bond donors (Lipinski definition) is 3. The molecule has 0 radical (unpaired) electrons. The lowest BCUT2D eigenvalue weighted by atomic mass is 9.76. The molecule has 2 fully saturated rings. The van der Waals surface area contributed by atoms with Crippen LogP contribution in [0.5, 0.6) is 0 Å². The van der Waals surface area contributed by atoms with Crippen molar-refractivity contribution in [1.29, 1.82) is 0 Å². The molecule has 5 rings (SSSR count). The number of carbonyl (C=O) groups excluding carboxylic acids is 4.